The van der Waals surface area contributed by atoms with Gasteiger partial charge in [-0.15, -0.1) is 0 Å². The van der Waals surface area contributed by atoms with Crippen LogP contribution in [0.3, 0.4) is 0 Å². The maximum absolute atomic E-state index is 12.3. The Balaban J connectivity index is 1.64. The Kier molecular flexibility index (Phi) is 5.43. The van der Waals surface area contributed by atoms with Crippen LogP contribution in [0.2, 0.25) is 0 Å². The highest BCUT2D eigenvalue weighted by Crippen LogP contribution is 2.32. The summed E-state index contributed by atoms with van der Waals surface area (Å²) in [6.07, 6.45) is 1.86. The molecule has 0 atom stereocenters. The van der Waals surface area contributed by atoms with Gasteiger partial charge in [-0.3, -0.25) is 4.79 Å². The second-order valence-corrected chi connectivity index (χ2v) is 5.92. The highest BCUT2D eigenvalue weighted by molar-refractivity contribution is 5.94. The molecule has 1 amide bonds. The Morgan fingerprint density at radius 1 is 1.00 bits per heavy atom. The van der Waals surface area contributed by atoms with Gasteiger partial charge in [0.1, 0.15) is 13.2 Å². The maximum atomic E-state index is 12.3. The molecule has 25 heavy (non-hydrogen) atoms. The molecule has 2 aromatic rings. The minimum Gasteiger partial charge on any atom is -0.486 e. The number of hydrogen-bond donors (Lipinski definition) is 2. The van der Waals surface area contributed by atoms with Crippen molar-refractivity contribution in [3.05, 3.63) is 47.5 Å². The van der Waals surface area contributed by atoms with Crippen LogP contribution < -0.4 is 20.1 Å². The average Bonchev–Trinajstić information content (AvgIpc) is 2.65. The molecular weight excluding hydrogens is 316 g/mol. The lowest BCUT2D eigenvalue weighted by Crippen LogP contribution is -2.23. The van der Waals surface area contributed by atoms with Crippen molar-refractivity contribution in [3.63, 3.8) is 0 Å². The van der Waals surface area contributed by atoms with E-state index < -0.39 is 0 Å². The molecular formula is C20H24N2O3. The summed E-state index contributed by atoms with van der Waals surface area (Å²) in [5.74, 6) is 1.29. The van der Waals surface area contributed by atoms with Crippen molar-refractivity contribution < 1.29 is 14.3 Å². The van der Waals surface area contributed by atoms with Gasteiger partial charge in [0.15, 0.2) is 11.5 Å². The van der Waals surface area contributed by atoms with Gasteiger partial charge in [0, 0.05) is 17.4 Å². The zero-order valence-corrected chi connectivity index (χ0v) is 14.7. The van der Waals surface area contributed by atoms with Crippen molar-refractivity contribution in [1.82, 2.24) is 0 Å². The number of hydrogen-bond acceptors (Lipinski definition) is 4. The molecule has 0 fully saturated rings. The molecule has 5 nitrogen and oxygen atoms in total. The van der Waals surface area contributed by atoms with E-state index >= 15 is 0 Å². The third kappa shape index (κ3) is 4.05. The van der Waals surface area contributed by atoms with Gasteiger partial charge in [0.2, 0.25) is 5.91 Å². The summed E-state index contributed by atoms with van der Waals surface area (Å²) in [6.45, 7) is 5.54. The SMILES string of the molecule is CCc1cccc(CC)c1NCC(=O)Nc1ccc2c(c1)OCCO2. The average molecular weight is 340 g/mol. The van der Waals surface area contributed by atoms with Gasteiger partial charge in [-0.05, 0) is 36.1 Å². The van der Waals surface area contributed by atoms with E-state index in [9.17, 15) is 4.79 Å². The normalized spacial score (nSPS) is 12.6. The Bertz CT molecular complexity index is 736. The Morgan fingerprint density at radius 2 is 1.68 bits per heavy atom. The van der Waals surface area contributed by atoms with Crippen LogP contribution in [0.5, 0.6) is 11.5 Å². The van der Waals surface area contributed by atoms with Crippen molar-refractivity contribution in [1.29, 1.82) is 0 Å². The van der Waals surface area contributed by atoms with Crippen molar-refractivity contribution >= 4 is 17.3 Å². The highest BCUT2D eigenvalue weighted by atomic mass is 16.6. The van der Waals surface area contributed by atoms with E-state index in [2.05, 4.69) is 42.7 Å². The fraction of sp³-hybridized carbons (Fsp3) is 0.350. The standard InChI is InChI=1S/C20H24N2O3/c1-3-14-6-5-7-15(4-2)20(14)21-13-19(23)22-16-8-9-17-18(12-16)25-11-10-24-17/h5-9,12,21H,3-4,10-11,13H2,1-2H3,(H,22,23). The predicted molar refractivity (Wildman–Crippen MR) is 99.7 cm³/mol. The molecule has 2 N–H and O–H groups in total. The number of anilines is 2. The number of nitrogens with one attached hydrogen (secondary N) is 2. The summed E-state index contributed by atoms with van der Waals surface area (Å²) in [5.41, 5.74) is 4.23. The molecule has 1 aliphatic heterocycles. The number of fused-ring (bicyclic) bond motifs is 1. The van der Waals surface area contributed by atoms with Crippen LogP contribution in [0.15, 0.2) is 36.4 Å². The van der Waals surface area contributed by atoms with E-state index in [1.54, 1.807) is 6.07 Å². The number of carbonyl (C=O) groups excluding carboxylic acids is 1. The number of benzene rings is 2. The van der Waals surface area contributed by atoms with Gasteiger partial charge >= 0.3 is 0 Å². The minimum atomic E-state index is -0.0929. The first-order valence-corrected chi connectivity index (χ1v) is 8.75. The fourth-order valence-corrected chi connectivity index (χ4v) is 2.96. The predicted octanol–water partition coefficient (Wildman–Crippen LogP) is 3.63. The van der Waals surface area contributed by atoms with E-state index in [4.69, 9.17) is 9.47 Å². The van der Waals surface area contributed by atoms with E-state index in [0.717, 1.165) is 18.5 Å². The van der Waals surface area contributed by atoms with Gasteiger partial charge in [-0.2, -0.15) is 0 Å². The smallest absolute Gasteiger partial charge is 0.243 e. The van der Waals surface area contributed by atoms with E-state index in [1.165, 1.54) is 11.1 Å². The molecule has 5 heteroatoms. The van der Waals surface area contributed by atoms with Crippen LogP contribution in [-0.2, 0) is 17.6 Å². The Hall–Kier alpha value is -2.69. The Labute approximate surface area is 148 Å². The lowest BCUT2D eigenvalue weighted by molar-refractivity contribution is -0.114. The molecule has 3 rings (SSSR count). The van der Waals surface area contributed by atoms with Crippen LogP contribution in [0.4, 0.5) is 11.4 Å². The van der Waals surface area contributed by atoms with E-state index in [1.807, 2.05) is 12.1 Å². The van der Waals surface area contributed by atoms with Crippen LogP contribution in [0, 0.1) is 0 Å². The van der Waals surface area contributed by atoms with Gasteiger partial charge in [-0.25, -0.2) is 0 Å². The molecule has 0 aliphatic carbocycles. The molecule has 0 saturated carbocycles. The van der Waals surface area contributed by atoms with Gasteiger partial charge < -0.3 is 20.1 Å². The number of amides is 1. The summed E-state index contributed by atoms with van der Waals surface area (Å²) >= 11 is 0. The summed E-state index contributed by atoms with van der Waals surface area (Å²) in [5, 5.41) is 6.20. The molecule has 0 bridgehead atoms. The van der Waals surface area contributed by atoms with Gasteiger partial charge in [0.25, 0.3) is 0 Å². The van der Waals surface area contributed by atoms with Gasteiger partial charge in [-0.1, -0.05) is 32.0 Å². The van der Waals surface area contributed by atoms with E-state index in [-0.39, 0.29) is 12.5 Å². The third-order valence-corrected chi connectivity index (χ3v) is 4.25. The van der Waals surface area contributed by atoms with Crippen molar-refractivity contribution in [2.24, 2.45) is 0 Å². The molecule has 0 radical (unpaired) electrons. The van der Waals surface area contributed by atoms with Crippen LogP contribution in [-0.4, -0.2) is 25.7 Å². The molecule has 0 aromatic heterocycles. The molecule has 0 spiro atoms. The van der Waals surface area contributed by atoms with E-state index in [0.29, 0.717) is 30.4 Å². The topological polar surface area (TPSA) is 59.6 Å². The monoisotopic (exact) mass is 340 g/mol. The molecule has 1 heterocycles. The first kappa shape index (κ1) is 17.1. The first-order chi connectivity index (χ1) is 12.2. The molecule has 0 saturated heterocycles. The van der Waals surface area contributed by atoms with Crippen molar-refractivity contribution in [3.8, 4) is 11.5 Å². The third-order valence-electron chi connectivity index (χ3n) is 4.25. The minimum absolute atomic E-state index is 0.0929. The molecule has 1 aliphatic rings. The number of ether oxygens (including phenoxy) is 2. The van der Waals surface area contributed by atoms with Crippen LogP contribution in [0.1, 0.15) is 25.0 Å². The lowest BCUT2D eigenvalue weighted by atomic mass is 10.0. The summed E-state index contributed by atoms with van der Waals surface area (Å²) in [6, 6.07) is 11.7. The first-order valence-electron chi connectivity index (χ1n) is 8.75. The lowest BCUT2D eigenvalue weighted by Gasteiger charge is -2.19. The van der Waals surface area contributed by atoms with Crippen molar-refractivity contribution in [2.75, 3.05) is 30.4 Å². The van der Waals surface area contributed by atoms with Crippen LogP contribution in [0.25, 0.3) is 0 Å². The number of rotatable bonds is 6. The maximum Gasteiger partial charge on any atom is 0.243 e. The van der Waals surface area contributed by atoms with Crippen LogP contribution >= 0.6 is 0 Å². The number of aryl methyl sites for hydroxylation is 2. The molecule has 2 aromatic carbocycles. The number of carbonyl (C=O) groups is 1. The zero-order valence-electron chi connectivity index (χ0n) is 14.7. The Morgan fingerprint density at radius 3 is 2.36 bits per heavy atom. The summed E-state index contributed by atoms with van der Waals surface area (Å²) < 4.78 is 11.0. The summed E-state index contributed by atoms with van der Waals surface area (Å²) in [7, 11) is 0. The highest BCUT2D eigenvalue weighted by Gasteiger charge is 2.13. The molecule has 132 valence electrons. The van der Waals surface area contributed by atoms with Gasteiger partial charge in [0.05, 0.1) is 6.54 Å². The second kappa shape index (κ2) is 7.92. The van der Waals surface area contributed by atoms with Crippen molar-refractivity contribution in [2.45, 2.75) is 26.7 Å². The number of para-hydroxylation sites is 1. The quantitative estimate of drug-likeness (QED) is 0.843. The zero-order chi connectivity index (χ0) is 17.6. The molecule has 0 unspecified atom stereocenters. The largest absolute Gasteiger partial charge is 0.486 e. The second-order valence-electron chi connectivity index (χ2n) is 5.92. The summed E-state index contributed by atoms with van der Waals surface area (Å²) in [4.78, 5) is 12.3. The fourth-order valence-electron chi connectivity index (χ4n) is 2.96.